The van der Waals surface area contributed by atoms with Gasteiger partial charge in [-0.15, -0.1) is 13.2 Å². The van der Waals surface area contributed by atoms with Crippen molar-refractivity contribution < 1.29 is 32.3 Å². The van der Waals surface area contributed by atoms with E-state index in [2.05, 4.69) is 17.5 Å². The minimum absolute atomic E-state index is 0.0471. The Morgan fingerprint density at radius 1 is 0.920 bits per heavy atom. The molecule has 0 aromatic heterocycles. The van der Waals surface area contributed by atoms with Gasteiger partial charge in [0.1, 0.15) is 0 Å². The summed E-state index contributed by atoms with van der Waals surface area (Å²) in [6, 6.07) is 0. The lowest BCUT2D eigenvalue weighted by Crippen LogP contribution is -2.11. The highest BCUT2D eigenvalue weighted by atomic mass is 31.3. The molecule has 0 aliphatic carbocycles. The zero-order valence-electron chi connectivity index (χ0n) is 15.2. The standard InChI is InChI=1S/C16H32O7P2/c1-5-9-11-15(7-3)13-21-25(20,23-24(17,18)19)22-14-16(8-4)12-10-6-2/h7-8,15-16H,3-6,9-14H2,1-2H3,(H2,17,18,19). The zero-order valence-corrected chi connectivity index (χ0v) is 17.0. The highest BCUT2D eigenvalue weighted by molar-refractivity contribution is 7.61. The zero-order chi connectivity index (χ0) is 19.3. The first-order valence-electron chi connectivity index (χ1n) is 8.60. The molecule has 0 saturated carbocycles. The third kappa shape index (κ3) is 12.7. The van der Waals surface area contributed by atoms with Gasteiger partial charge in [-0.1, -0.05) is 51.7 Å². The van der Waals surface area contributed by atoms with E-state index in [1.807, 2.05) is 13.8 Å². The summed E-state index contributed by atoms with van der Waals surface area (Å²) in [5.41, 5.74) is 0. The van der Waals surface area contributed by atoms with Crippen molar-refractivity contribution in [2.24, 2.45) is 11.8 Å². The molecule has 148 valence electrons. The van der Waals surface area contributed by atoms with E-state index in [0.717, 1.165) is 38.5 Å². The molecule has 7 nitrogen and oxygen atoms in total. The Bertz CT molecular complexity index is 447. The largest absolute Gasteiger partial charge is 0.483 e. The Balaban J connectivity index is 4.87. The molecule has 0 rings (SSSR count). The van der Waals surface area contributed by atoms with Gasteiger partial charge in [0.15, 0.2) is 0 Å². The summed E-state index contributed by atoms with van der Waals surface area (Å²) in [5.74, 6) is -0.208. The minimum Gasteiger partial charge on any atom is -0.302 e. The highest BCUT2D eigenvalue weighted by Crippen LogP contribution is 2.61. The van der Waals surface area contributed by atoms with Crippen LogP contribution >= 0.6 is 15.6 Å². The fraction of sp³-hybridized carbons (Fsp3) is 0.750. The lowest BCUT2D eigenvalue weighted by molar-refractivity contribution is 0.119. The van der Waals surface area contributed by atoms with Crippen LogP contribution in [0.5, 0.6) is 0 Å². The molecule has 2 atom stereocenters. The normalized spacial score (nSPS) is 16.8. The molecule has 0 heterocycles. The van der Waals surface area contributed by atoms with E-state index in [-0.39, 0.29) is 25.0 Å². The number of phosphoric ester groups is 1. The van der Waals surface area contributed by atoms with E-state index in [9.17, 15) is 9.13 Å². The van der Waals surface area contributed by atoms with Crippen LogP contribution in [-0.4, -0.2) is 23.0 Å². The molecule has 0 fully saturated rings. The van der Waals surface area contributed by atoms with Crippen LogP contribution in [0.15, 0.2) is 25.3 Å². The predicted octanol–water partition coefficient (Wildman–Crippen LogP) is 5.22. The molecule has 0 aliphatic rings. The maximum atomic E-state index is 12.6. The summed E-state index contributed by atoms with van der Waals surface area (Å²) in [5, 5.41) is 0. The van der Waals surface area contributed by atoms with E-state index in [1.165, 1.54) is 0 Å². The van der Waals surface area contributed by atoms with Crippen LogP contribution in [0.3, 0.4) is 0 Å². The molecule has 0 bridgehead atoms. The summed E-state index contributed by atoms with van der Waals surface area (Å²) >= 11 is 0. The third-order valence-electron chi connectivity index (χ3n) is 3.62. The molecule has 9 heteroatoms. The summed E-state index contributed by atoms with van der Waals surface area (Å²) in [4.78, 5) is 18.0. The van der Waals surface area contributed by atoms with E-state index in [0.29, 0.717) is 0 Å². The number of hydrogen-bond donors (Lipinski definition) is 2. The van der Waals surface area contributed by atoms with Gasteiger partial charge in [-0.2, -0.15) is 4.31 Å². The summed E-state index contributed by atoms with van der Waals surface area (Å²) in [6.07, 6.45) is 8.67. The van der Waals surface area contributed by atoms with Crippen LogP contribution in [0.25, 0.3) is 0 Å². The van der Waals surface area contributed by atoms with Crippen LogP contribution in [0, 0.1) is 11.8 Å². The first-order valence-corrected chi connectivity index (χ1v) is 11.6. The van der Waals surface area contributed by atoms with Gasteiger partial charge in [0.25, 0.3) is 0 Å². The number of hydrogen-bond acceptors (Lipinski definition) is 5. The molecular weight excluding hydrogens is 366 g/mol. The second-order valence-electron chi connectivity index (χ2n) is 5.89. The fourth-order valence-corrected chi connectivity index (χ4v) is 4.30. The van der Waals surface area contributed by atoms with E-state index < -0.39 is 15.6 Å². The molecule has 0 saturated heterocycles. The molecular formula is C16H32O7P2. The van der Waals surface area contributed by atoms with Crippen molar-refractivity contribution in [3.05, 3.63) is 25.3 Å². The van der Waals surface area contributed by atoms with Gasteiger partial charge in [-0.3, -0.25) is 9.05 Å². The highest BCUT2D eigenvalue weighted by Gasteiger charge is 2.37. The molecule has 2 unspecified atom stereocenters. The monoisotopic (exact) mass is 398 g/mol. The maximum Gasteiger partial charge on any atom is 0.483 e. The van der Waals surface area contributed by atoms with Crippen LogP contribution in [0.4, 0.5) is 0 Å². The van der Waals surface area contributed by atoms with Crippen LogP contribution in [0.2, 0.25) is 0 Å². The van der Waals surface area contributed by atoms with Crippen LogP contribution in [-0.2, 0) is 22.5 Å². The van der Waals surface area contributed by atoms with Crippen molar-refractivity contribution in [3.8, 4) is 0 Å². The number of rotatable bonds is 16. The first kappa shape index (κ1) is 24.7. The fourth-order valence-electron chi connectivity index (χ4n) is 2.06. The molecule has 2 N–H and O–H groups in total. The van der Waals surface area contributed by atoms with Crippen LogP contribution in [0.1, 0.15) is 52.4 Å². The summed E-state index contributed by atoms with van der Waals surface area (Å²) < 4.78 is 38.4. The molecule has 25 heavy (non-hydrogen) atoms. The van der Waals surface area contributed by atoms with Crippen molar-refractivity contribution in [3.63, 3.8) is 0 Å². The molecule has 0 aliphatic heterocycles. The van der Waals surface area contributed by atoms with Crippen molar-refractivity contribution in [1.82, 2.24) is 0 Å². The third-order valence-corrected chi connectivity index (χ3v) is 6.20. The molecule has 0 aromatic carbocycles. The lowest BCUT2D eigenvalue weighted by Gasteiger charge is -2.22. The van der Waals surface area contributed by atoms with Crippen molar-refractivity contribution >= 4 is 15.6 Å². The lowest BCUT2D eigenvalue weighted by atomic mass is 10.0. The second kappa shape index (κ2) is 13.0. The SMILES string of the molecule is C=CC(CCCC)COP(=O)(OCC(C=C)CCCC)OP(=O)(O)O. The van der Waals surface area contributed by atoms with E-state index in [4.69, 9.17) is 18.8 Å². The van der Waals surface area contributed by atoms with Gasteiger partial charge in [-0.05, 0) is 12.8 Å². The van der Waals surface area contributed by atoms with Gasteiger partial charge in [-0.25, -0.2) is 9.13 Å². The van der Waals surface area contributed by atoms with E-state index in [1.54, 1.807) is 12.2 Å². The Kier molecular flexibility index (Phi) is 12.9. The molecule has 0 aromatic rings. The van der Waals surface area contributed by atoms with Gasteiger partial charge in [0.2, 0.25) is 0 Å². The molecule has 0 radical (unpaired) electrons. The minimum atomic E-state index is -5.03. The average molecular weight is 398 g/mol. The molecule has 0 spiro atoms. The second-order valence-corrected chi connectivity index (χ2v) is 8.93. The topological polar surface area (TPSA) is 102 Å². The average Bonchev–Trinajstić information content (AvgIpc) is 2.53. The first-order chi connectivity index (χ1) is 11.7. The van der Waals surface area contributed by atoms with E-state index >= 15 is 0 Å². The maximum absolute atomic E-state index is 12.6. The van der Waals surface area contributed by atoms with Crippen molar-refractivity contribution in [2.75, 3.05) is 13.2 Å². The van der Waals surface area contributed by atoms with Gasteiger partial charge in [0.05, 0.1) is 13.2 Å². The number of unbranched alkanes of at least 4 members (excludes halogenated alkanes) is 2. The molecule has 0 amide bonds. The Hall–Kier alpha value is -0.260. The Labute approximate surface area is 151 Å². The Morgan fingerprint density at radius 3 is 1.60 bits per heavy atom. The van der Waals surface area contributed by atoms with Crippen LogP contribution < -0.4 is 0 Å². The summed E-state index contributed by atoms with van der Waals surface area (Å²) in [7, 11) is -9.43. The number of phosphoric acid groups is 2. The van der Waals surface area contributed by atoms with Crippen molar-refractivity contribution in [2.45, 2.75) is 52.4 Å². The van der Waals surface area contributed by atoms with Gasteiger partial charge in [0, 0.05) is 11.8 Å². The quantitative estimate of drug-likeness (QED) is 0.271. The van der Waals surface area contributed by atoms with Gasteiger partial charge < -0.3 is 9.79 Å². The van der Waals surface area contributed by atoms with Crippen molar-refractivity contribution in [1.29, 1.82) is 0 Å². The Morgan fingerprint density at radius 2 is 1.32 bits per heavy atom. The predicted molar refractivity (Wildman–Crippen MR) is 99.1 cm³/mol. The van der Waals surface area contributed by atoms with Gasteiger partial charge >= 0.3 is 15.6 Å². The summed E-state index contributed by atoms with van der Waals surface area (Å²) in [6.45, 7) is 11.4. The smallest absolute Gasteiger partial charge is 0.302 e.